The summed E-state index contributed by atoms with van der Waals surface area (Å²) < 4.78 is 7.86. The van der Waals surface area contributed by atoms with Gasteiger partial charge in [-0.3, -0.25) is 0 Å². The molecule has 2 aromatic carbocycles. The normalized spacial score (nSPS) is 17.9. The van der Waals surface area contributed by atoms with E-state index in [4.69, 9.17) is 21.4 Å². The van der Waals surface area contributed by atoms with Crippen molar-refractivity contribution in [2.45, 2.75) is 25.0 Å². The van der Waals surface area contributed by atoms with Crippen LogP contribution in [0, 0.1) is 0 Å². The van der Waals surface area contributed by atoms with Crippen LogP contribution < -0.4 is 0 Å². The number of aryl methyl sites for hydroxylation is 1. The number of ether oxygens (including phenoxy) is 1. The smallest absolute Gasteiger partial charge is 0.407 e. The second-order valence-corrected chi connectivity index (χ2v) is 8.79. The van der Waals surface area contributed by atoms with Gasteiger partial charge in [0.05, 0.1) is 30.6 Å². The second-order valence-electron chi connectivity index (χ2n) is 8.36. The van der Waals surface area contributed by atoms with E-state index in [0.717, 1.165) is 12.0 Å². The van der Waals surface area contributed by atoms with E-state index in [1.54, 1.807) is 35.3 Å². The quantitative estimate of drug-likeness (QED) is 0.408. The van der Waals surface area contributed by atoms with Gasteiger partial charge in [0.1, 0.15) is 6.10 Å². The number of aromatic nitrogens is 4. The van der Waals surface area contributed by atoms with Crippen LogP contribution in [0.5, 0.6) is 0 Å². The van der Waals surface area contributed by atoms with Crippen LogP contribution in [-0.2, 0) is 11.2 Å². The molecule has 1 fully saturated rings. The Kier molecular flexibility index (Phi) is 6.74. The first-order valence-electron chi connectivity index (χ1n) is 11.4. The Hall–Kier alpha value is -3.75. The highest BCUT2D eigenvalue weighted by Gasteiger charge is 2.35. The predicted molar refractivity (Wildman–Crippen MR) is 132 cm³/mol. The summed E-state index contributed by atoms with van der Waals surface area (Å²) in [4.78, 5) is 22.3. The van der Waals surface area contributed by atoms with Crippen molar-refractivity contribution in [1.29, 1.82) is 0 Å². The van der Waals surface area contributed by atoms with Gasteiger partial charge in [-0.2, -0.15) is 9.78 Å². The molecule has 9 heteroatoms. The van der Waals surface area contributed by atoms with Gasteiger partial charge >= 0.3 is 6.09 Å². The summed E-state index contributed by atoms with van der Waals surface area (Å²) in [5.74, 6) is 0.388. The van der Waals surface area contributed by atoms with Gasteiger partial charge in [-0.15, -0.1) is 0 Å². The first kappa shape index (κ1) is 23.0. The molecule has 0 bridgehead atoms. The molecule has 178 valence electrons. The van der Waals surface area contributed by atoms with Gasteiger partial charge in [-0.05, 0) is 42.7 Å². The van der Waals surface area contributed by atoms with Crippen LogP contribution in [0.3, 0.4) is 0 Å². The summed E-state index contributed by atoms with van der Waals surface area (Å²) in [5.41, 5.74) is 3.43. The van der Waals surface area contributed by atoms with Crippen molar-refractivity contribution in [2.24, 2.45) is 0 Å². The Labute approximate surface area is 207 Å². The zero-order chi connectivity index (χ0) is 24.2. The molecule has 1 amide bonds. The topological polar surface area (TPSA) is 93.4 Å². The molecule has 0 radical (unpaired) electrons. The zero-order valence-corrected chi connectivity index (χ0v) is 19.6. The fourth-order valence-electron chi connectivity index (χ4n) is 4.28. The lowest BCUT2D eigenvalue weighted by molar-refractivity contribution is -0.0599. The number of halogens is 1. The van der Waals surface area contributed by atoms with Crippen molar-refractivity contribution in [2.75, 3.05) is 13.2 Å². The van der Waals surface area contributed by atoms with E-state index in [1.807, 2.05) is 48.5 Å². The third-order valence-corrected chi connectivity index (χ3v) is 6.35. The van der Waals surface area contributed by atoms with Gasteiger partial charge in [0, 0.05) is 23.0 Å². The monoisotopic (exact) mass is 489 g/mol. The second kappa shape index (κ2) is 10.2. The molecule has 1 aliphatic heterocycles. The number of hydrogen-bond acceptors (Lipinski definition) is 5. The van der Waals surface area contributed by atoms with Crippen molar-refractivity contribution in [3.8, 4) is 17.2 Å². The van der Waals surface area contributed by atoms with Crippen molar-refractivity contribution in [3.05, 3.63) is 95.4 Å². The number of rotatable bonds is 6. The highest BCUT2D eigenvalue weighted by atomic mass is 35.5. The SMILES string of the molecule is O=C(O)N1CC(c2cc(-c3ccc(Cl)cc3)nn2-c2ncccn2)OCC1CCc1ccccc1. The summed E-state index contributed by atoms with van der Waals surface area (Å²) in [6, 6.07) is 20.8. The minimum absolute atomic E-state index is 0.188. The molecular formula is C26H24ClN5O3. The van der Waals surface area contributed by atoms with Crippen LogP contribution in [0.2, 0.25) is 5.02 Å². The van der Waals surface area contributed by atoms with Crippen LogP contribution in [0.1, 0.15) is 23.8 Å². The van der Waals surface area contributed by atoms with Gasteiger partial charge in [0.15, 0.2) is 0 Å². The number of carboxylic acid groups (broad SMARTS) is 1. The largest absolute Gasteiger partial charge is 0.465 e. The first-order chi connectivity index (χ1) is 17.1. The average Bonchev–Trinajstić information content (AvgIpc) is 3.34. The van der Waals surface area contributed by atoms with E-state index < -0.39 is 12.2 Å². The summed E-state index contributed by atoms with van der Waals surface area (Å²) in [5, 5.41) is 15.3. The number of benzene rings is 2. The van der Waals surface area contributed by atoms with Gasteiger partial charge in [0.25, 0.3) is 5.95 Å². The molecule has 5 rings (SSSR count). The number of amides is 1. The molecule has 0 spiro atoms. The summed E-state index contributed by atoms with van der Waals surface area (Å²) in [6.07, 6.45) is 3.26. The lowest BCUT2D eigenvalue weighted by Crippen LogP contribution is -2.49. The summed E-state index contributed by atoms with van der Waals surface area (Å²) >= 11 is 6.05. The van der Waals surface area contributed by atoms with E-state index in [9.17, 15) is 9.90 Å². The highest BCUT2D eigenvalue weighted by molar-refractivity contribution is 6.30. The molecular weight excluding hydrogens is 466 g/mol. The molecule has 0 aliphatic carbocycles. The maximum atomic E-state index is 12.2. The first-order valence-corrected chi connectivity index (χ1v) is 11.7. The lowest BCUT2D eigenvalue weighted by atomic mass is 10.0. The van der Waals surface area contributed by atoms with E-state index >= 15 is 0 Å². The van der Waals surface area contributed by atoms with Crippen molar-refractivity contribution >= 4 is 17.7 Å². The minimum Gasteiger partial charge on any atom is -0.465 e. The van der Waals surface area contributed by atoms with Gasteiger partial charge in [-0.25, -0.2) is 14.8 Å². The standard InChI is InChI=1S/C26H24ClN5O3/c27-20-10-8-19(9-11-20)22-15-23(32(30-22)25-28-13-4-14-29-25)24-16-31(26(33)34)21(17-35-24)12-7-18-5-2-1-3-6-18/h1-6,8-11,13-15,21,24H,7,12,16-17H2,(H,33,34). The van der Waals surface area contributed by atoms with Crippen LogP contribution in [0.25, 0.3) is 17.2 Å². The molecule has 2 atom stereocenters. The van der Waals surface area contributed by atoms with Gasteiger partial charge in [0.2, 0.25) is 0 Å². The zero-order valence-electron chi connectivity index (χ0n) is 18.9. The minimum atomic E-state index is -0.962. The maximum Gasteiger partial charge on any atom is 0.407 e. The van der Waals surface area contributed by atoms with Gasteiger partial charge in [-0.1, -0.05) is 54.1 Å². The molecule has 1 saturated heterocycles. The third-order valence-electron chi connectivity index (χ3n) is 6.10. The Bertz CT molecular complexity index is 1280. The molecule has 8 nitrogen and oxygen atoms in total. The molecule has 35 heavy (non-hydrogen) atoms. The molecule has 3 heterocycles. The van der Waals surface area contributed by atoms with Crippen molar-refractivity contribution < 1.29 is 14.6 Å². The molecule has 1 aliphatic rings. The van der Waals surface area contributed by atoms with Crippen LogP contribution in [-0.4, -0.2) is 55.0 Å². The molecule has 2 aromatic heterocycles. The number of hydrogen-bond donors (Lipinski definition) is 1. The van der Waals surface area contributed by atoms with Gasteiger partial charge < -0.3 is 14.7 Å². The highest BCUT2D eigenvalue weighted by Crippen LogP contribution is 2.31. The van der Waals surface area contributed by atoms with E-state index in [-0.39, 0.29) is 12.6 Å². The average molecular weight is 490 g/mol. The Balaban J connectivity index is 1.42. The lowest BCUT2D eigenvalue weighted by Gasteiger charge is -2.38. The summed E-state index contributed by atoms with van der Waals surface area (Å²) in [7, 11) is 0. The third kappa shape index (κ3) is 5.18. The number of morpholine rings is 1. The fraction of sp³-hybridized carbons (Fsp3) is 0.231. The van der Waals surface area contributed by atoms with Crippen LogP contribution in [0.15, 0.2) is 79.1 Å². The van der Waals surface area contributed by atoms with E-state index in [2.05, 4.69) is 9.97 Å². The van der Waals surface area contributed by atoms with Crippen molar-refractivity contribution in [3.63, 3.8) is 0 Å². The van der Waals surface area contributed by atoms with Crippen LogP contribution in [0.4, 0.5) is 4.79 Å². The number of nitrogens with zero attached hydrogens (tertiary/aromatic N) is 5. The predicted octanol–water partition coefficient (Wildman–Crippen LogP) is 5.04. The van der Waals surface area contributed by atoms with E-state index in [1.165, 1.54) is 10.5 Å². The summed E-state index contributed by atoms with van der Waals surface area (Å²) in [6.45, 7) is 0.480. The molecule has 2 unspecified atom stereocenters. The van der Waals surface area contributed by atoms with Crippen molar-refractivity contribution in [1.82, 2.24) is 24.6 Å². The van der Waals surface area contributed by atoms with Crippen LogP contribution >= 0.6 is 11.6 Å². The molecule has 0 saturated carbocycles. The maximum absolute atomic E-state index is 12.2. The molecule has 4 aromatic rings. The Morgan fingerprint density at radius 3 is 2.51 bits per heavy atom. The Morgan fingerprint density at radius 2 is 1.80 bits per heavy atom. The Morgan fingerprint density at radius 1 is 1.06 bits per heavy atom. The number of carbonyl (C=O) groups is 1. The molecule has 1 N–H and O–H groups in total. The fourth-order valence-corrected chi connectivity index (χ4v) is 4.40. The van der Waals surface area contributed by atoms with E-state index in [0.29, 0.717) is 35.4 Å².